The summed E-state index contributed by atoms with van der Waals surface area (Å²) in [5.74, 6) is -1.14. The number of nitrogens with zero attached hydrogens (tertiary/aromatic N) is 7. The van der Waals surface area contributed by atoms with Gasteiger partial charge in [-0.05, 0) is 49.7 Å². The smallest absolute Gasteiger partial charge is 0.352 e. The van der Waals surface area contributed by atoms with Crippen molar-refractivity contribution in [3.63, 3.8) is 0 Å². The van der Waals surface area contributed by atoms with Crippen molar-refractivity contribution in [3.8, 4) is 11.9 Å². The molecule has 2 N–H and O–H groups in total. The number of nitriles is 1. The largest absolute Gasteiger partial charge is 0.436 e. The molecule has 0 radical (unpaired) electrons. The summed E-state index contributed by atoms with van der Waals surface area (Å²) in [7, 11) is 0. The molecule has 1 aromatic carbocycles. The number of hydrogen-bond donors (Lipinski definition) is 2. The quantitative estimate of drug-likeness (QED) is 0.352. The molecule has 3 aromatic heterocycles. The molecule has 4 rings (SSSR count). The Hall–Kier alpha value is -4.77. The monoisotopic (exact) mass is 557 g/mol. The van der Waals surface area contributed by atoms with Crippen LogP contribution in [0, 0.1) is 18.3 Å². The van der Waals surface area contributed by atoms with Gasteiger partial charge in [-0.2, -0.15) is 33.4 Å². The van der Waals surface area contributed by atoms with E-state index in [1.165, 1.54) is 30.5 Å². The zero-order chi connectivity index (χ0) is 28.3. The third kappa shape index (κ3) is 5.88. The number of rotatable bonds is 7. The molecule has 39 heavy (non-hydrogen) atoms. The molecule has 3 heterocycles. The number of amides is 2. The molecule has 0 aliphatic heterocycles. The predicted molar refractivity (Wildman–Crippen MR) is 132 cm³/mol. The lowest BCUT2D eigenvalue weighted by Crippen LogP contribution is -2.26. The minimum atomic E-state index is -4.68. The summed E-state index contributed by atoms with van der Waals surface area (Å²) < 4.78 is 40.0. The maximum atomic E-state index is 13.5. The number of aromatic nitrogens is 6. The number of carbonyl (C=O) groups excluding carboxylic acids is 2. The number of benzene rings is 1. The zero-order valence-corrected chi connectivity index (χ0v) is 21.2. The van der Waals surface area contributed by atoms with E-state index in [0.717, 1.165) is 9.48 Å². The van der Waals surface area contributed by atoms with Gasteiger partial charge in [-0.3, -0.25) is 9.59 Å². The fourth-order valence-corrected chi connectivity index (χ4v) is 3.84. The summed E-state index contributed by atoms with van der Waals surface area (Å²) in [6.07, 6.45) is -2.67. The minimum absolute atomic E-state index is 0.0735. The SMILES string of the molecule is CCNC(=O)c1cc(C#N)cc(C)c1NC(=O)c1cc(Cn2ncc(C(F)(F)F)n2)nn1-c1ncccc1Cl. The summed E-state index contributed by atoms with van der Waals surface area (Å²) in [6, 6.07) is 9.26. The van der Waals surface area contributed by atoms with Gasteiger partial charge in [-0.1, -0.05) is 11.6 Å². The first kappa shape index (κ1) is 27.3. The Morgan fingerprint density at radius 2 is 1.95 bits per heavy atom. The van der Waals surface area contributed by atoms with Crippen LogP contribution in [0.5, 0.6) is 0 Å². The molecule has 0 spiro atoms. The fourth-order valence-electron chi connectivity index (χ4n) is 3.64. The molecule has 200 valence electrons. The molecule has 15 heteroatoms. The van der Waals surface area contributed by atoms with Gasteiger partial charge in [0.25, 0.3) is 11.8 Å². The number of halogens is 4. The molecule has 0 bridgehead atoms. The zero-order valence-electron chi connectivity index (χ0n) is 20.4. The molecule has 4 aromatic rings. The van der Waals surface area contributed by atoms with E-state index >= 15 is 0 Å². The Kier molecular flexibility index (Phi) is 7.63. The van der Waals surface area contributed by atoms with Crippen LogP contribution in [0.2, 0.25) is 5.02 Å². The van der Waals surface area contributed by atoms with Crippen molar-refractivity contribution in [1.82, 2.24) is 35.1 Å². The van der Waals surface area contributed by atoms with Crippen molar-refractivity contribution >= 4 is 29.1 Å². The average molecular weight is 558 g/mol. The van der Waals surface area contributed by atoms with Gasteiger partial charge < -0.3 is 10.6 Å². The summed E-state index contributed by atoms with van der Waals surface area (Å²) in [5, 5.41) is 26.2. The Morgan fingerprint density at radius 1 is 1.18 bits per heavy atom. The van der Waals surface area contributed by atoms with E-state index in [-0.39, 0.29) is 45.6 Å². The van der Waals surface area contributed by atoms with Crippen LogP contribution in [0.4, 0.5) is 18.9 Å². The lowest BCUT2D eigenvalue weighted by Gasteiger charge is -2.15. The van der Waals surface area contributed by atoms with Gasteiger partial charge in [0.1, 0.15) is 12.2 Å². The van der Waals surface area contributed by atoms with Crippen LogP contribution in [0.3, 0.4) is 0 Å². The lowest BCUT2D eigenvalue weighted by atomic mass is 10.0. The third-order valence-electron chi connectivity index (χ3n) is 5.35. The van der Waals surface area contributed by atoms with Gasteiger partial charge in [-0.25, -0.2) is 9.67 Å². The van der Waals surface area contributed by atoms with E-state index in [2.05, 4.69) is 30.9 Å². The van der Waals surface area contributed by atoms with Crippen LogP contribution in [-0.2, 0) is 12.7 Å². The number of anilines is 1. The second-order valence-corrected chi connectivity index (χ2v) is 8.55. The highest BCUT2D eigenvalue weighted by Gasteiger charge is 2.34. The average Bonchev–Trinajstić information content (AvgIpc) is 3.53. The van der Waals surface area contributed by atoms with Gasteiger partial charge in [0, 0.05) is 12.7 Å². The maximum Gasteiger partial charge on any atom is 0.436 e. The lowest BCUT2D eigenvalue weighted by molar-refractivity contribution is -0.141. The molecule has 0 saturated heterocycles. The van der Waals surface area contributed by atoms with Crippen molar-refractivity contribution in [3.05, 3.63) is 81.5 Å². The number of alkyl halides is 3. The third-order valence-corrected chi connectivity index (χ3v) is 5.64. The van der Waals surface area contributed by atoms with E-state index in [1.807, 2.05) is 6.07 Å². The molecule has 0 saturated carbocycles. The van der Waals surface area contributed by atoms with Gasteiger partial charge in [0.15, 0.2) is 11.5 Å². The molecular formula is C24H19ClF3N9O2. The highest BCUT2D eigenvalue weighted by atomic mass is 35.5. The fraction of sp³-hybridized carbons (Fsp3) is 0.208. The van der Waals surface area contributed by atoms with Gasteiger partial charge >= 0.3 is 6.18 Å². The summed E-state index contributed by atoms with van der Waals surface area (Å²) in [6.45, 7) is 3.36. The molecule has 0 fully saturated rings. The van der Waals surface area contributed by atoms with Crippen LogP contribution in [0.15, 0.2) is 42.7 Å². The summed E-state index contributed by atoms with van der Waals surface area (Å²) >= 11 is 6.29. The van der Waals surface area contributed by atoms with E-state index < -0.39 is 23.7 Å². The first-order valence-corrected chi connectivity index (χ1v) is 11.7. The molecular weight excluding hydrogens is 539 g/mol. The van der Waals surface area contributed by atoms with E-state index in [0.29, 0.717) is 18.3 Å². The molecule has 2 amide bonds. The predicted octanol–water partition coefficient (Wildman–Crippen LogP) is 3.76. The topological polar surface area (TPSA) is 143 Å². The highest BCUT2D eigenvalue weighted by molar-refractivity contribution is 6.32. The second-order valence-electron chi connectivity index (χ2n) is 8.14. The van der Waals surface area contributed by atoms with Crippen molar-refractivity contribution in [2.24, 2.45) is 0 Å². The van der Waals surface area contributed by atoms with Crippen molar-refractivity contribution < 1.29 is 22.8 Å². The molecule has 0 aliphatic rings. The van der Waals surface area contributed by atoms with Crippen LogP contribution in [-0.4, -0.2) is 48.1 Å². The highest BCUT2D eigenvalue weighted by Crippen LogP contribution is 2.27. The Labute approximate surface area is 224 Å². The second kappa shape index (κ2) is 10.9. The summed E-state index contributed by atoms with van der Waals surface area (Å²) in [4.78, 5) is 31.2. The van der Waals surface area contributed by atoms with Crippen LogP contribution in [0.25, 0.3) is 5.82 Å². The minimum Gasteiger partial charge on any atom is -0.352 e. The van der Waals surface area contributed by atoms with Crippen molar-refractivity contribution in [1.29, 1.82) is 5.26 Å². The summed E-state index contributed by atoms with van der Waals surface area (Å²) in [5.41, 5.74) is -0.220. The van der Waals surface area contributed by atoms with Crippen LogP contribution < -0.4 is 10.6 Å². The Bertz CT molecular complexity index is 1610. The first-order valence-electron chi connectivity index (χ1n) is 11.3. The number of carbonyl (C=O) groups is 2. The number of nitrogens with one attached hydrogen (secondary N) is 2. The van der Waals surface area contributed by atoms with E-state index in [4.69, 9.17) is 11.6 Å². The molecule has 0 aliphatic carbocycles. The molecule has 11 nitrogen and oxygen atoms in total. The van der Waals surface area contributed by atoms with E-state index in [1.54, 1.807) is 19.9 Å². The molecule has 0 unspecified atom stereocenters. The number of aryl methyl sites for hydroxylation is 1. The van der Waals surface area contributed by atoms with Crippen LogP contribution >= 0.6 is 11.6 Å². The standard InChI is InChI=1S/C24H19ClF3N9O2/c1-3-30-22(38)16-8-14(10-29)7-13(2)20(16)33-23(39)18-9-15(12-36-32-11-19(35-36)24(26,27)28)34-37(18)21-17(25)5-4-6-31-21/h4-9,11H,3,12H2,1-2H3,(H,30,38)(H,33,39). The Balaban J connectivity index is 1.76. The van der Waals surface area contributed by atoms with Crippen molar-refractivity contribution in [2.45, 2.75) is 26.6 Å². The van der Waals surface area contributed by atoms with Gasteiger partial charge in [0.2, 0.25) is 0 Å². The van der Waals surface area contributed by atoms with Crippen LogP contribution in [0.1, 0.15) is 50.3 Å². The van der Waals surface area contributed by atoms with Gasteiger partial charge in [0.05, 0.1) is 39.8 Å². The first-order chi connectivity index (χ1) is 18.5. The van der Waals surface area contributed by atoms with E-state index in [9.17, 15) is 28.0 Å². The Morgan fingerprint density at radius 3 is 2.59 bits per heavy atom. The van der Waals surface area contributed by atoms with Crippen molar-refractivity contribution in [2.75, 3.05) is 11.9 Å². The molecule has 0 atom stereocenters. The van der Waals surface area contributed by atoms with Gasteiger partial charge in [-0.15, -0.1) is 5.10 Å². The maximum absolute atomic E-state index is 13.5. The normalized spacial score (nSPS) is 11.2. The number of pyridine rings is 1. The number of hydrogen-bond acceptors (Lipinski definition) is 7.